The number of aromatic nitrogens is 5. The number of nitrogens with two attached hydrogens (primary N) is 1. The largest absolute Gasteiger partial charge is 0.383 e. The third-order valence-corrected chi connectivity index (χ3v) is 5.46. The van der Waals surface area contributed by atoms with Crippen molar-refractivity contribution >= 4 is 33.7 Å². The van der Waals surface area contributed by atoms with Crippen molar-refractivity contribution in [3.8, 4) is 11.8 Å². The Hall–Kier alpha value is -4.25. The minimum Gasteiger partial charge on any atom is -0.383 e. The minimum absolute atomic E-state index is 0.0181. The third kappa shape index (κ3) is 3.26. The molecule has 1 amide bonds. The first kappa shape index (κ1) is 18.8. The zero-order valence-electron chi connectivity index (χ0n) is 16.7. The predicted molar refractivity (Wildman–Crippen MR) is 118 cm³/mol. The van der Waals surface area contributed by atoms with Crippen molar-refractivity contribution in [1.82, 2.24) is 29.6 Å². The molecule has 31 heavy (non-hydrogen) atoms. The molecule has 8 heteroatoms. The number of likely N-dealkylation sites (tertiary alicyclic amines) is 1. The zero-order valence-corrected chi connectivity index (χ0v) is 16.7. The molecule has 1 atom stereocenters. The van der Waals surface area contributed by atoms with Crippen molar-refractivity contribution in [3.63, 3.8) is 0 Å². The van der Waals surface area contributed by atoms with Gasteiger partial charge in [0.25, 0.3) is 0 Å². The van der Waals surface area contributed by atoms with Gasteiger partial charge in [0.05, 0.1) is 22.5 Å². The number of pyridine rings is 1. The molecular weight excluding hydrogens is 390 g/mol. The third-order valence-electron chi connectivity index (χ3n) is 5.46. The van der Waals surface area contributed by atoms with E-state index in [4.69, 9.17) is 10.8 Å². The number of hydrogen-bond donors (Lipinski definition) is 1. The summed E-state index contributed by atoms with van der Waals surface area (Å²) < 4.78 is 1.81. The normalized spacial score (nSPS) is 15.7. The van der Waals surface area contributed by atoms with Gasteiger partial charge in [0, 0.05) is 24.7 Å². The molecule has 8 nitrogen and oxygen atoms in total. The Balaban J connectivity index is 1.59. The predicted octanol–water partition coefficient (Wildman–Crippen LogP) is 2.32. The van der Waals surface area contributed by atoms with Crippen LogP contribution in [-0.4, -0.2) is 48.6 Å². The van der Waals surface area contributed by atoms with E-state index in [-0.39, 0.29) is 11.9 Å². The highest BCUT2D eigenvalue weighted by Gasteiger charge is 2.29. The topological polar surface area (TPSA) is 103 Å². The van der Waals surface area contributed by atoms with Crippen LogP contribution in [0.15, 0.2) is 55.5 Å². The number of nitrogen functional groups attached to an aromatic ring is 1. The first-order chi connectivity index (χ1) is 15.2. The van der Waals surface area contributed by atoms with Crippen LogP contribution in [0, 0.1) is 11.8 Å². The maximum Gasteiger partial charge on any atom is 0.246 e. The van der Waals surface area contributed by atoms with Crippen LogP contribution >= 0.6 is 0 Å². The molecule has 0 aliphatic carbocycles. The monoisotopic (exact) mass is 409 g/mol. The van der Waals surface area contributed by atoms with Crippen molar-refractivity contribution in [1.29, 1.82) is 0 Å². The van der Waals surface area contributed by atoms with Crippen LogP contribution in [0.4, 0.5) is 5.82 Å². The van der Waals surface area contributed by atoms with Gasteiger partial charge in [-0.1, -0.05) is 30.7 Å². The Morgan fingerprint density at radius 2 is 2.06 bits per heavy atom. The Labute approximate surface area is 178 Å². The number of para-hydroxylation sites is 1. The highest BCUT2D eigenvalue weighted by Crippen LogP contribution is 2.28. The van der Waals surface area contributed by atoms with Gasteiger partial charge in [-0.05, 0) is 30.6 Å². The van der Waals surface area contributed by atoms with Crippen LogP contribution < -0.4 is 5.73 Å². The molecule has 0 unspecified atom stereocenters. The standard InChI is InChI=1S/C23H19N7O/c1-2-19(31)29-12-10-17(13-29)30-23-20(22(24)26-14-27-23)18(28-30)9-8-16-6-3-5-15-7-4-11-25-21(15)16/h2-7,11,14,17H,1,10,12-13H2,(H2,24,26,27)/t17-/m1/s1. The summed E-state index contributed by atoms with van der Waals surface area (Å²) in [5.41, 5.74) is 8.93. The van der Waals surface area contributed by atoms with Crippen LogP contribution in [0.1, 0.15) is 23.7 Å². The molecule has 4 heterocycles. The lowest BCUT2D eigenvalue weighted by molar-refractivity contribution is -0.125. The fraction of sp³-hybridized carbons (Fsp3) is 0.174. The van der Waals surface area contributed by atoms with Gasteiger partial charge in [-0.15, -0.1) is 0 Å². The summed E-state index contributed by atoms with van der Waals surface area (Å²) >= 11 is 0. The summed E-state index contributed by atoms with van der Waals surface area (Å²) in [6.45, 7) is 4.74. The second-order valence-corrected chi connectivity index (χ2v) is 7.31. The molecule has 1 aromatic carbocycles. The minimum atomic E-state index is -0.0865. The Morgan fingerprint density at radius 3 is 2.94 bits per heavy atom. The van der Waals surface area contributed by atoms with Gasteiger partial charge in [-0.25, -0.2) is 14.6 Å². The van der Waals surface area contributed by atoms with Crippen molar-refractivity contribution in [2.75, 3.05) is 18.8 Å². The highest BCUT2D eigenvalue weighted by atomic mass is 16.2. The summed E-state index contributed by atoms with van der Waals surface area (Å²) in [5, 5.41) is 6.36. The molecule has 0 radical (unpaired) electrons. The Morgan fingerprint density at radius 1 is 1.19 bits per heavy atom. The highest BCUT2D eigenvalue weighted by molar-refractivity contribution is 5.91. The summed E-state index contributed by atoms with van der Waals surface area (Å²) in [4.78, 5) is 26.7. The van der Waals surface area contributed by atoms with Gasteiger partial charge in [0.15, 0.2) is 5.65 Å². The van der Waals surface area contributed by atoms with Crippen LogP contribution in [-0.2, 0) is 4.79 Å². The Bertz CT molecular complexity index is 1390. The molecule has 1 saturated heterocycles. The average molecular weight is 409 g/mol. The molecule has 2 N–H and O–H groups in total. The smallest absolute Gasteiger partial charge is 0.246 e. The first-order valence-corrected chi connectivity index (χ1v) is 9.91. The van der Waals surface area contributed by atoms with Crippen LogP contribution in [0.5, 0.6) is 0 Å². The first-order valence-electron chi connectivity index (χ1n) is 9.91. The lowest BCUT2D eigenvalue weighted by Gasteiger charge is -2.14. The lowest BCUT2D eigenvalue weighted by Crippen LogP contribution is -2.27. The fourth-order valence-electron chi connectivity index (χ4n) is 3.94. The Kier molecular flexibility index (Phi) is 4.56. The summed E-state index contributed by atoms with van der Waals surface area (Å²) in [7, 11) is 0. The second kappa shape index (κ2) is 7.54. The molecule has 1 fully saturated rings. The van der Waals surface area contributed by atoms with Crippen molar-refractivity contribution in [2.45, 2.75) is 12.5 Å². The molecule has 5 rings (SSSR count). The van der Waals surface area contributed by atoms with Crippen LogP contribution in [0.3, 0.4) is 0 Å². The second-order valence-electron chi connectivity index (χ2n) is 7.31. The molecule has 3 aromatic heterocycles. The van der Waals surface area contributed by atoms with Crippen molar-refractivity contribution in [3.05, 3.63) is 66.8 Å². The van der Waals surface area contributed by atoms with Crippen molar-refractivity contribution in [2.24, 2.45) is 0 Å². The van der Waals surface area contributed by atoms with E-state index >= 15 is 0 Å². The number of fused-ring (bicyclic) bond motifs is 2. The number of carbonyl (C=O) groups excluding carboxylic acids is 1. The van der Waals surface area contributed by atoms with Gasteiger partial charge >= 0.3 is 0 Å². The maximum atomic E-state index is 12.0. The summed E-state index contributed by atoms with van der Waals surface area (Å²) in [5.74, 6) is 6.57. The fourth-order valence-corrected chi connectivity index (χ4v) is 3.94. The molecule has 0 bridgehead atoms. The van der Waals surface area contributed by atoms with Crippen molar-refractivity contribution < 1.29 is 4.79 Å². The van der Waals surface area contributed by atoms with Gasteiger partial charge in [0.2, 0.25) is 5.91 Å². The van der Waals surface area contributed by atoms with Gasteiger partial charge in [-0.3, -0.25) is 9.78 Å². The maximum absolute atomic E-state index is 12.0. The van der Waals surface area contributed by atoms with E-state index in [2.05, 4.69) is 33.4 Å². The van der Waals surface area contributed by atoms with E-state index in [0.29, 0.717) is 35.6 Å². The molecule has 0 spiro atoms. The van der Waals surface area contributed by atoms with E-state index in [1.165, 1.54) is 12.4 Å². The van der Waals surface area contributed by atoms with E-state index in [1.54, 1.807) is 11.1 Å². The van der Waals surface area contributed by atoms with E-state index < -0.39 is 0 Å². The van der Waals surface area contributed by atoms with Crippen LogP contribution in [0.2, 0.25) is 0 Å². The van der Waals surface area contributed by atoms with E-state index in [9.17, 15) is 4.79 Å². The van der Waals surface area contributed by atoms with Gasteiger partial charge in [-0.2, -0.15) is 5.10 Å². The zero-order chi connectivity index (χ0) is 21.4. The van der Waals surface area contributed by atoms with Gasteiger partial charge in [0.1, 0.15) is 17.8 Å². The molecule has 1 aliphatic heterocycles. The summed E-state index contributed by atoms with van der Waals surface area (Å²) in [6.07, 6.45) is 5.27. The molecule has 1 aliphatic rings. The lowest BCUT2D eigenvalue weighted by atomic mass is 10.1. The number of nitrogens with zero attached hydrogens (tertiary/aromatic N) is 6. The average Bonchev–Trinajstić information content (AvgIpc) is 3.43. The molecule has 4 aromatic rings. The molecular formula is C23H19N7O. The van der Waals surface area contributed by atoms with Gasteiger partial charge < -0.3 is 10.6 Å². The van der Waals surface area contributed by atoms with Crippen LogP contribution in [0.25, 0.3) is 21.9 Å². The quantitative estimate of drug-likeness (QED) is 0.403. The number of rotatable bonds is 2. The van der Waals surface area contributed by atoms with E-state index in [1.807, 2.05) is 35.0 Å². The summed E-state index contributed by atoms with van der Waals surface area (Å²) in [6, 6.07) is 9.76. The SMILES string of the molecule is C=CC(=O)N1CC[C@@H](n2nc(C#Cc3cccc4cccnc34)c3c(N)ncnc32)C1. The molecule has 0 saturated carbocycles. The number of amides is 1. The van der Waals surface area contributed by atoms with E-state index in [0.717, 1.165) is 22.9 Å². The number of anilines is 1. The number of benzene rings is 1. The number of carbonyl (C=O) groups is 1. The number of hydrogen-bond acceptors (Lipinski definition) is 6. The molecule has 152 valence electrons.